The van der Waals surface area contributed by atoms with Crippen molar-refractivity contribution in [2.75, 3.05) is 17.3 Å². The average molecular weight is 264 g/mol. The molecule has 0 aromatic heterocycles. The van der Waals surface area contributed by atoms with E-state index in [9.17, 15) is 18.0 Å². The van der Waals surface area contributed by atoms with E-state index in [1.165, 1.54) is 0 Å². The number of alkyl halides is 1. The summed E-state index contributed by atoms with van der Waals surface area (Å²) >= 11 is 5.39. The molecule has 2 nitrogen and oxygen atoms in total. The maximum Gasteiger partial charge on any atom is 0.241 e. The van der Waals surface area contributed by atoms with Crippen LogP contribution in [0, 0.1) is 17.5 Å². The largest absolute Gasteiger partial charge is 0.308 e. The van der Waals surface area contributed by atoms with Crippen molar-refractivity contribution in [2.24, 2.45) is 0 Å². The number of fused-ring (bicyclic) bond motifs is 1. The zero-order chi connectivity index (χ0) is 12.6. The van der Waals surface area contributed by atoms with E-state index >= 15 is 0 Å². The van der Waals surface area contributed by atoms with Gasteiger partial charge < -0.3 is 4.90 Å². The lowest BCUT2D eigenvalue weighted by molar-refractivity contribution is -0.116. The first-order chi connectivity index (χ1) is 8.06. The van der Waals surface area contributed by atoms with Gasteiger partial charge in [0, 0.05) is 18.2 Å². The number of rotatable bonds is 1. The summed E-state index contributed by atoms with van der Waals surface area (Å²) in [6.07, 6.45) is 0.664. The Morgan fingerprint density at radius 2 is 2.06 bits per heavy atom. The molecule has 2 rings (SSSR count). The average Bonchev–Trinajstić information content (AvgIpc) is 2.34. The third kappa shape index (κ3) is 1.99. The molecule has 1 aliphatic rings. The Labute approximate surface area is 101 Å². The first kappa shape index (κ1) is 12.2. The Morgan fingerprint density at radius 1 is 1.35 bits per heavy atom. The standard InChI is InChI=1S/C11H9ClF3NO/c12-5-9(17)16-3-1-2-6-10(15)7(13)4-8(14)11(6)16/h4H,1-3,5H2. The number of hydrogen-bond donors (Lipinski definition) is 0. The fourth-order valence-corrected chi connectivity index (χ4v) is 2.15. The van der Waals surface area contributed by atoms with Gasteiger partial charge in [-0.15, -0.1) is 11.6 Å². The molecule has 0 radical (unpaired) electrons. The van der Waals surface area contributed by atoms with Crippen molar-refractivity contribution < 1.29 is 18.0 Å². The van der Waals surface area contributed by atoms with E-state index < -0.39 is 23.4 Å². The van der Waals surface area contributed by atoms with Crippen LogP contribution in [0.15, 0.2) is 6.07 Å². The van der Waals surface area contributed by atoms with Crippen molar-refractivity contribution in [3.63, 3.8) is 0 Å². The lowest BCUT2D eigenvalue weighted by Gasteiger charge is -2.29. The molecule has 1 amide bonds. The van der Waals surface area contributed by atoms with E-state index in [0.717, 1.165) is 4.90 Å². The lowest BCUT2D eigenvalue weighted by atomic mass is 10.0. The molecular formula is C11H9ClF3NO. The number of hydrogen-bond acceptors (Lipinski definition) is 1. The molecule has 0 saturated carbocycles. The molecule has 0 fully saturated rings. The number of carbonyl (C=O) groups is 1. The number of carbonyl (C=O) groups excluding carboxylic acids is 1. The van der Waals surface area contributed by atoms with Gasteiger partial charge in [0.25, 0.3) is 0 Å². The SMILES string of the molecule is O=C(CCl)N1CCCc2c(F)c(F)cc(F)c21. The van der Waals surface area contributed by atoms with Crippen LogP contribution < -0.4 is 4.90 Å². The van der Waals surface area contributed by atoms with Crippen molar-refractivity contribution in [1.82, 2.24) is 0 Å². The second kappa shape index (κ2) is 4.56. The van der Waals surface area contributed by atoms with Crippen molar-refractivity contribution in [2.45, 2.75) is 12.8 Å². The molecule has 0 bridgehead atoms. The summed E-state index contributed by atoms with van der Waals surface area (Å²) in [5, 5.41) is 0. The summed E-state index contributed by atoms with van der Waals surface area (Å²) in [6, 6.07) is 0.452. The molecule has 1 aromatic carbocycles. The number of halogens is 4. The maximum absolute atomic E-state index is 13.6. The highest BCUT2D eigenvalue weighted by Gasteiger charge is 2.29. The molecule has 92 valence electrons. The fraction of sp³-hybridized carbons (Fsp3) is 0.364. The van der Waals surface area contributed by atoms with E-state index in [2.05, 4.69) is 0 Å². The van der Waals surface area contributed by atoms with E-state index in [-0.39, 0.29) is 30.1 Å². The van der Waals surface area contributed by atoms with Gasteiger partial charge in [-0.1, -0.05) is 0 Å². The molecule has 0 unspecified atom stereocenters. The van der Waals surface area contributed by atoms with Crippen molar-refractivity contribution >= 4 is 23.2 Å². The molecule has 1 heterocycles. The van der Waals surface area contributed by atoms with Gasteiger partial charge in [-0.3, -0.25) is 4.79 Å². The van der Waals surface area contributed by atoms with Gasteiger partial charge in [0.2, 0.25) is 5.91 Å². The van der Waals surface area contributed by atoms with Gasteiger partial charge >= 0.3 is 0 Å². The minimum absolute atomic E-state index is 0.0905. The Hall–Kier alpha value is -1.23. The van der Waals surface area contributed by atoms with Crippen LogP contribution in [0.2, 0.25) is 0 Å². The molecule has 1 aromatic rings. The molecule has 0 saturated heterocycles. The van der Waals surface area contributed by atoms with Gasteiger partial charge in [0.1, 0.15) is 11.7 Å². The maximum atomic E-state index is 13.6. The van der Waals surface area contributed by atoms with Crippen LogP contribution >= 0.6 is 11.6 Å². The number of amides is 1. The Balaban J connectivity index is 2.58. The lowest BCUT2D eigenvalue weighted by Crippen LogP contribution is -2.37. The van der Waals surface area contributed by atoms with Crippen LogP contribution in [0.1, 0.15) is 12.0 Å². The van der Waals surface area contributed by atoms with Gasteiger partial charge in [0.15, 0.2) is 11.6 Å². The zero-order valence-corrected chi connectivity index (χ0v) is 9.53. The molecule has 0 aliphatic carbocycles. The predicted molar refractivity (Wildman–Crippen MR) is 57.7 cm³/mol. The van der Waals surface area contributed by atoms with Crippen LogP contribution in [-0.4, -0.2) is 18.3 Å². The molecule has 17 heavy (non-hydrogen) atoms. The highest BCUT2D eigenvalue weighted by atomic mass is 35.5. The summed E-state index contributed by atoms with van der Waals surface area (Å²) in [6.45, 7) is 0.264. The number of nitrogens with zero attached hydrogens (tertiary/aromatic N) is 1. The third-order valence-corrected chi connectivity index (χ3v) is 2.96. The Morgan fingerprint density at radius 3 is 2.71 bits per heavy atom. The highest BCUT2D eigenvalue weighted by Crippen LogP contribution is 2.33. The second-order valence-corrected chi connectivity index (χ2v) is 4.03. The van der Waals surface area contributed by atoms with Crippen LogP contribution in [0.5, 0.6) is 0 Å². The van der Waals surface area contributed by atoms with Crippen molar-refractivity contribution in [1.29, 1.82) is 0 Å². The van der Waals surface area contributed by atoms with Crippen LogP contribution in [0.25, 0.3) is 0 Å². The zero-order valence-electron chi connectivity index (χ0n) is 8.77. The monoisotopic (exact) mass is 263 g/mol. The molecule has 0 atom stereocenters. The van der Waals surface area contributed by atoms with Crippen LogP contribution in [0.4, 0.5) is 18.9 Å². The summed E-state index contributed by atoms with van der Waals surface area (Å²) < 4.78 is 40.1. The predicted octanol–water partition coefficient (Wildman–Crippen LogP) is 2.62. The smallest absolute Gasteiger partial charge is 0.241 e. The van der Waals surface area contributed by atoms with Crippen LogP contribution in [0.3, 0.4) is 0 Å². The van der Waals surface area contributed by atoms with Gasteiger partial charge in [-0.2, -0.15) is 0 Å². The van der Waals surface area contributed by atoms with Crippen molar-refractivity contribution in [3.05, 3.63) is 29.1 Å². The van der Waals surface area contributed by atoms with Crippen LogP contribution in [-0.2, 0) is 11.2 Å². The summed E-state index contributed by atoms with van der Waals surface area (Å²) in [5.41, 5.74) is -0.270. The quantitative estimate of drug-likeness (QED) is 0.563. The van der Waals surface area contributed by atoms with E-state index in [1.807, 2.05) is 0 Å². The molecular weight excluding hydrogens is 255 g/mol. The summed E-state index contributed by atoms with van der Waals surface area (Å²) in [4.78, 5) is 12.6. The minimum atomic E-state index is -1.23. The van der Waals surface area contributed by atoms with E-state index in [0.29, 0.717) is 12.5 Å². The third-order valence-electron chi connectivity index (χ3n) is 2.73. The Bertz CT molecular complexity index is 478. The first-order valence-electron chi connectivity index (χ1n) is 5.09. The number of benzene rings is 1. The first-order valence-corrected chi connectivity index (χ1v) is 5.62. The van der Waals surface area contributed by atoms with E-state index in [4.69, 9.17) is 11.6 Å². The Kier molecular flexibility index (Phi) is 3.28. The van der Waals surface area contributed by atoms with Crippen molar-refractivity contribution in [3.8, 4) is 0 Å². The molecule has 6 heteroatoms. The van der Waals surface area contributed by atoms with Gasteiger partial charge in [-0.25, -0.2) is 13.2 Å². The van der Waals surface area contributed by atoms with Gasteiger partial charge in [0.05, 0.1) is 5.69 Å². The van der Waals surface area contributed by atoms with E-state index in [1.54, 1.807) is 0 Å². The summed E-state index contributed by atoms with van der Waals surface area (Å²) in [7, 11) is 0. The fourth-order valence-electron chi connectivity index (χ4n) is 2.00. The highest BCUT2D eigenvalue weighted by molar-refractivity contribution is 6.29. The molecule has 1 aliphatic heterocycles. The molecule has 0 spiro atoms. The topological polar surface area (TPSA) is 20.3 Å². The summed E-state index contributed by atoms with van der Waals surface area (Å²) in [5.74, 6) is -4.10. The normalized spacial score (nSPS) is 14.7. The number of anilines is 1. The minimum Gasteiger partial charge on any atom is -0.308 e. The molecule has 0 N–H and O–H groups in total. The van der Waals surface area contributed by atoms with Gasteiger partial charge in [-0.05, 0) is 12.8 Å². The second-order valence-electron chi connectivity index (χ2n) is 3.76.